The lowest BCUT2D eigenvalue weighted by molar-refractivity contribution is -0.138. The summed E-state index contributed by atoms with van der Waals surface area (Å²) < 4.78 is 145. The quantitative estimate of drug-likeness (QED) is 0.0435. The van der Waals surface area contributed by atoms with Gasteiger partial charge < -0.3 is 43.3 Å². The predicted octanol–water partition coefficient (Wildman–Crippen LogP) is 10.7. The third kappa shape index (κ3) is 13.1. The highest BCUT2D eigenvalue weighted by Gasteiger charge is 2.53. The zero-order valence-corrected chi connectivity index (χ0v) is 48.1. The average molecular weight is 1230 g/mol. The molecule has 8 rings (SSSR count). The molecule has 30 heteroatoms. The maximum Gasteiger partial charge on any atom is 0.508 e. The molecule has 4 heterocycles. The highest BCUT2D eigenvalue weighted by Crippen LogP contribution is 2.44. The summed E-state index contributed by atoms with van der Waals surface area (Å²) in [6, 6.07) is 13.2. The first-order valence-corrected chi connectivity index (χ1v) is 26.2. The molecule has 85 heavy (non-hydrogen) atoms. The van der Waals surface area contributed by atoms with Crippen LogP contribution in [0.3, 0.4) is 0 Å². The van der Waals surface area contributed by atoms with Crippen molar-refractivity contribution in [1.29, 1.82) is 10.5 Å². The van der Waals surface area contributed by atoms with Crippen molar-refractivity contribution in [3.05, 3.63) is 94.6 Å². The first kappa shape index (κ1) is 63.7. The second-order valence-corrected chi connectivity index (χ2v) is 20.9. The minimum absolute atomic E-state index is 0.0398. The van der Waals surface area contributed by atoms with Crippen LogP contribution >= 0.6 is 24.4 Å². The SMILES string of the molecule is CCOc1nc(OCCO)c2cc(N3C(=S)N(c4ccc(C#N)c(C(F)(F)F)c4)C(=O)C3(C)C)cc(F)c2n1.CCOc1nc(OCCOC(=O)OC(C)(C)C)c2cc(N3C(=S)N(c4ccc(C#N)c(C(F)(F)F)c4)C(=O)C3(C)C)cc(F)c2n1. The van der Waals surface area contributed by atoms with Crippen molar-refractivity contribution in [2.45, 2.75) is 91.3 Å². The molecule has 1 N–H and O–H groups in total. The molecule has 2 aliphatic rings. The normalized spacial score (nSPS) is 15.0. The van der Waals surface area contributed by atoms with E-state index in [4.69, 9.17) is 58.1 Å². The summed E-state index contributed by atoms with van der Waals surface area (Å²) in [5.74, 6) is -3.31. The first-order chi connectivity index (χ1) is 39.7. The predicted molar refractivity (Wildman–Crippen MR) is 297 cm³/mol. The van der Waals surface area contributed by atoms with Crippen LogP contribution in [0.5, 0.6) is 23.8 Å². The number of hydrogen-bond acceptors (Lipinski definition) is 18. The number of ether oxygens (including phenoxy) is 6. The molecule has 0 saturated carbocycles. The Morgan fingerprint density at radius 1 is 0.612 bits per heavy atom. The van der Waals surface area contributed by atoms with Crippen LogP contribution in [0.2, 0.25) is 0 Å². The molecule has 2 amide bonds. The van der Waals surface area contributed by atoms with E-state index >= 15 is 8.78 Å². The Labute approximate surface area is 490 Å². The lowest BCUT2D eigenvalue weighted by Crippen LogP contribution is -2.44. The van der Waals surface area contributed by atoms with E-state index in [0.29, 0.717) is 12.1 Å². The number of nitriles is 2. The number of rotatable bonds is 15. The van der Waals surface area contributed by atoms with Crippen LogP contribution in [-0.4, -0.2) is 110 Å². The van der Waals surface area contributed by atoms with Crippen molar-refractivity contribution in [3.8, 4) is 35.9 Å². The Morgan fingerprint density at radius 2 is 1.01 bits per heavy atom. The van der Waals surface area contributed by atoms with Gasteiger partial charge in [-0.25, -0.2) is 13.6 Å². The van der Waals surface area contributed by atoms with Crippen molar-refractivity contribution in [3.63, 3.8) is 0 Å². The summed E-state index contributed by atoms with van der Waals surface area (Å²) in [5, 5.41) is 27.1. The second kappa shape index (κ2) is 24.4. The summed E-state index contributed by atoms with van der Waals surface area (Å²) in [4.78, 5) is 59.9. The van der Waals surface area contributed by atoms with Gasteiger partial charge in [-0.2, -0.15) is 56.8 Å². The summed E-state index contributed by atoms with van der Waals surface area (Å²) in [6.45, 7) is 13.7. The van der Waals surface area contributed by atoms with Crippen molar-refractivity contribution < 1.29 is 83.0 Å². The van der Waals surface area contributed by atoms with E-state index in [1.807, 2.05) is 0 Å². The molecule has 20 nitrogen and oxygen atoms in total. The smallest absolute Gasteiger partial charge is 0.475 e. The van der Waals surface area contributed by atoms with E-state index in [-0.39, 0.29) is 118 Å². The van der Waals surface area contributed by atoms with Crippen molar-refractivity contribution >= 4 is 97.2 Å². The van der Waals surface area contributed by atoms with E-state index < -0.39 is 80.9 Å². The molecule has 0 aliphatic carbocycles. The topological polar surface area (TPSA) is 239 Å². The Morgan fingerprint density at radius 3 is 1.36 bits per heavy atom. The summed E-state index contributed by atoms with van der Waals surface area (Å²) in [7, 11) is 0. The van der Waals surface area contributed by atoms with E-state index in [1.54, 1.807) is 34.6 Å². The number of carbonyl (C=O) groups excluding carboxylic acids is 3. The molecule has 0 spiro atoms. The number of aromatic nitrogens is 4. The van der Waals surface area contributed by atoms with Crippen LogP contribution in [0.15, 0.2) is 60.7 Å². The van der Waals surface area contributed by atoms with Crippen LogP contribution in [0.4, 0.5) is 62.7 Å². The van der Waals surface area contributed by atoms with Gasteiger partial charge in [-0.1, -0.05) is 0 Å². The van der Waals surface area contributed by atoms with Gasteiger partial charge in [-0.3, -0.25) is 19.4 Å². The molecule has 2 saturated heterocycles. The zero-order valence-electron chi connectivity index (χ0n) is 46.4. The monoisotopic (exact) mass is 1230 g/mol. The van der Waals surface area contributed by atoms with E-state index in [9.17, 15) is 51.1 Å². The van der Waals surface area contributed by atoms with Gasteiger partial charge in [0.1, 0.15) is 47.5 Å². The molecular weight excluding hydrogens is 1180 g/mol. The van der Waals surface area contributed by atoms with Gasteiger partial charge in [0.15, 0.2) is 21.9 Å². The lowest BCUT2D eigenvalue weighted by Gasteiger charge is -2.29. The van der Waals surface area contributed by atoms with Crippen LogP contribution in [0.25, 0.3) is 21.8 Å². The van der Waals surface area contributed by atoms with Gasteiger partial charge in [0.25, 0.3) is 11.8 Å². The number of fused-ring (bicyclic) bond motifs is 2. The molecule has 2 aromatic heterocycles. The summed E-state index contributed by atoms with van der Waals surface area (Å²) >= 11 is 11.1. The number of benzene rings is 4. The van der Waals surface area contributed by atoms with Crippen LogP contribution in [-0.2, 0) is 31.4 Å². The van der Waals surface area contributed by atoms with Gasteiger partial charge in [-0.15, -0.1) is 0 Å². The third-order valence-corrected chi connectivity index (χ3v) is 13.1. The molecule has 448 valence electrons. The number of hydrogen-bond donors (Lipinski definition) is 1. The first-order valence-electron chi connectivity index (χ1n) is 25.3. The van der Waals surface area contributed by atoms with Crippen LogP contribution in [0.1, 0.15) is 84.6 Å². The van der Waals surface area contributed by atoms with E-state index in [0.717, 1.165) is 34.1 Å². The number of thiocarbonyl (C=S) groups is 2. The van der Waals surface area contributed by atoms with Gasteiger partial charge in [0.05, 0.1) is 76.4 Å². The molecule has 2 aliphatic heterocycles. The van der Waals surface area contributed by atoms with Gasteiger partial charge in [0, 0.05) is 11.4 Å². The molecule has 4 aromatic carbocycles. The number of aliphatic hydroxyl groups is 1. The van der Waals surface area contributed by atoms with E-state index in [1.165, 1.54) is 73.9 Å². The highest BCUT2D eigenvalue weighted by molar-refractivity contribution is 7.81. The largest absolute Gasteiger partial charge is 0.508 e. The lowest BCUT2D eigenvalue weighted by atomic mass is 10.0. The fourth-order valence-corrected chi connectivity index (χ4v) is 9.77. The number of nitrogens with zero attached hydrogens (tertiary/aromatic N) is 10. The molecule has 6 aromatic rings. The standard InChI is InChI=1S/C30H29F4N5O6S.C25H21F4N5O4S/c1-7-42-25-36-22-19(23(37-25)43-10-11-44-27(41)45-28(2,3)4)12-18(14-21(22)31)39-26(46)38(24(40)29(39,5)6)17-9-8-16(15-35)20(13-17)30(32,33)34;1-4-37-22-31-19-16(20(32-22)38-8-7-35)9-15(11-18(19)26)34-23(39)33(21(36)24(34,2)3)14-6-5-13(12-30)17(10-14)25(27,28)29/h8-9,12-14H,7,10-11H2,1-6H3;5-6,9-11,35H,4,7-8H2,1-3H3. The van der Waals surface area contributed by atoms with E-state index in [2.05, 4.69) is 19.9 Å². The maximum absolute atomic E-state index is 15.7. The molecule has 0 unspecified atom stereocenters. The Kier molecular flexibility index (Phi) is 18.3. The number of amides is 2. The van der Waals surface area contributed by atoms with Crippen LogP contribution < -0.4 is 38.5 Å². The number of halogens is 8. The Bertz CT molecular complexity index is 3760. The second-order valence-electron chi connectivity index (χ2n) is 20.2. The maximum atomic E-state index is 15.7. The molecule has 2 fully saturated rings. The summed E-state index contributed by atoms with van der Waals surface area (Å²) in [5.41, 5.74) is -8.09. The summed E-state index contributed by atoms with van der Waals surface area (Å²) in [6.07, 6.45) is -10.7. The minimum Gasteiger partial charge on any atom is -0.475 e. The van der Waals surface area contributed by atoms with Crippen molar-refractivity contribution in [1.82, 2.24) is 19.9 Å². The third-order valence-electron chi connectivity index (χ3n) is 12.4. The van der Waals surface area contributed by atoms with Gasteiger partial charge in [-0.05, 0) is 147 Å². The van der Waals surface area contributed by atoms with Crippen LogP contribution in [0, 0.1) is 34.3 Å². The van der Waals surface area contributed by atoms with Crippen molar-refractivity contribution in [2.24, 2.45) is 0 Å². The fourth-order valence-electron chi connectivity index (χ4n) is 8.73. The number of alkyl halides is 6. The molecule has 0 bridgehead atoms. The molecule has 0 radical (unpaired) electrons. The number of aliphatic hydroxyl groups excluding tert-OH is 1. The molecular formula is C55H50F8N10O10S2. The minimum atomic E-state index is -4.88. The Balaban J connectivity index is 0.000000247. The van der Waals surface area contributed by atoms with Crippen molar-refractivity contribution in [2.75, 3.05) is 59.2 Å². The number of anilines is 4. The average Bonchev–Trinajstić information content (AvgIpc) is 1.69. The Hall–Kier alpha value is -8.87. The highest BCUT2D eigenvalue weighted by atomic mass is 32.1. The molecule has 0 atom stereocenters. The number of carbonyl (C=O) groups is 3. The van der Waals surface area contributed by atoms with Gasteiger partial charge in [0.2, 0.25) is 11.8 Å². The fraction of sp³-hybridized carbons (Fsp3) is 0.364. The zero-order chi connectivity index (χ0) is 62.9. The van der Waals surface area contributed by atoms with Gasteiger partial charge >= 0.3 is 30.5 Å².